The minimum Gasteiger partial charge on any atom is -0.379 e. The molecule has 3 aromatic carbocycles. The summed E-state index contributed by atoms with van der Waals surface area (Å²) in [5, 5.41) is 14.6. The van der Waals surface area contributed by atoms with E-state index in [1.54, 1.807) is 12.1 Å². The molecule has 2 N–H and O–H groups in total. The van der Waals surface area contributed by atoms with Crippen LogP contribution >= 0.6 is 0 Å². The predicted octanol–water partition coefficient (Wildman–Crippen LogP) is 4.27. The molecule has 8 nitrogen and oxygen atoms in total. The summed E-state index contributed by atoms with van der Waals surface area (Å²) in [5.41, 5.74) is 2.47. The molecule has 0 aliphatic rings. The van der Waals surface area contributed by atoms with Gasteiger partial charge >= 0.3 is 10.1 Å². The van der Waals surface area contributed by atoms with Crippen LogP contribution in [0.4, 0.5) is 11.4 Å². The molecule has 0 saturated carbocycles. The highest BCUT2D eigenvalue weighted by molar-refractivity contribution is 7.87. The number of anilines is 2. The van der Waals surface area contributed by atoms with E-state index in [4.69, 9.17) is 4.18 Å². The van der Waals surface area contributed by atoms with E-state index in [2.05, 4.69) is 10.6 Å². The highest BCUT2D eigenvalue weighted by Gasteiger charge is 2.17. The van der Waals surface area contributed by atoms with Gasteiger partial charge in [-0.3, -0.25) is 9.59 Å². The van der Waals surface area contributed by atoms with Gasteiger partial charge in [-0.15, -0.1) is 0 Å². The van der Waals surface area contributed by atoms with Gasteiger partial charge < -0.3 is 14.8 Å². The first-order chi connectivity index (χ1) is 16.2. The van der Waals surface area contributed by atoms with Crippen LogP contribution in [0.5, 0.6) is 5.75 Å². The number of amides is 2. The molecule has 0 aliphatic heterocycles. The van der Waals surface area contributed by atoms with E-state index in [9.17, 15) is 23.3 Å². The summed E-state index contributed by atoms with van der Waals surface area (Å²) in [6.07, 6.45) is 1.39. The van der Waals surface area contributed by atoms with Gasteiger partial charge in [-0.25, -0.2) is 0 Å². The van der Waals surface area contributed by atoms with E-state index >= 15 is 0 Å². The van der Waals surface area contributed by atoms with Crippen LogP contribution in [0.15, 0.2) is 83.3 Å². The van der Waals surface area contributed by atoms with Gasteiger partial charge in [0.15, 0.2) is 0 Å². The molecule has 0 atom stereocenters. The molecule has 3 rings (SSSR count). The lowest BCUT2D eigenvalue weighted by molar-refractivity contribution is -0.114. The average Bonchev–Trinajstić information content (AvgIpc) is 2.79. The van der Waals surface area contributed by atoms with Gasteiger partial charge in [0, 0.05) is 18.3 Å². The molecule has 0 aromatic heterocycles. The third kappa shape index (κ3) is 6.54. The van der Waals surface area contributed by atoms with Gasteiger partial charge in [-0.05, 0) is 67.1 Å². The Kier molecular flexibility index (Phi) is 7.46. The van der Waals surface area contributed by atoms with Crippen molar-refractivity contribution in [3.05, 3.63) is 89.5 Å². The van der Waals surface area contributed by atoms with E-state index < -0.39 is 16.0 Å². The number of aryl methyl sites for hydroxylation is 1. The maximum Gasteiger partial charge on any atom is 0.339 e. The Morgan fingerprint density at radius 3 is 2.00 bits per heavy atom. The van der Waals surface area contributed by atoms with Crippen LogP contribution in [0.2, 0.25) is 0 Å². The molecule has 2 amide bonds. The second-order valence-corrected chi connectivity index (χ2v) is 8.85. The van der Waals surface area contributed by atoms with Crippen molar-refractivity contribution in [3.8, 4) is 11.8 Å². The molecule has 0 radical (unpaired) electrons. The van der Waals surface area contributed by atoms with Crippen LogP contribution in [0.1, 0.15) is 18.1 Å². The molecule has 0 saturated heterocycles. The Balaban J connectivity index is 1.70. The minimum absolute atomic E-state index is 0.0608. The van der Waals surface area contributed by atoms with Gasteiger partial charge in [-0.2, -0.15) is 13.7 Å². The normalized spacial score (nSPS) is 11.3. The number of hydrogen-bond acceptors (Lipinski definition) is 6. The predicted molar refractivity (Wildman–Crippen MR) is 128 cm³/mol. The monoisotopic (exact) mass is 475 g/mol. The first-order valence-electron chi connectivity index (χ1n) is 10.1. The highest BCUT2D eigenvalue weighted by Crippen LogP contribution is 2.22. The molecule has 0 aliphatic carbocycles. The lowest BCUT2D eigenvalue weighted by Crippen LogP contribution is -2.13. The van der Waals surface area contributed by atoms with E-state index in [0.717, 1.165) is 5.56 Å². The van der Waals surface area contributed by atoms with Crippen LogP contribution in [0.25, 0.3) is 6.08 Å². The molecule has 0 fully saturated rings. The Labute approximate surface area is 197 Å². The quantitative estimate of drug-likeness (QED) is 0.299. The number of benzene rings is 3. The number of hydrogen-bond donors (Lipinski definition) is 2. The zero-order valence-corrected chi connectivity index (χ0v) is 19.2. The number of carbonyl (C=O) groups is 2. The maximum absolute atomic E-state index is 12.5. The van der Waals surface area contributed by atoms with Crippen LogP contribution in [-0.2, 0) is 19.7 Å². The molecule has 9 heteroatoms. The van der Waals surface area contributed by atoms with Crippen molar-refractivity contribution >= 4 is 39.4 Å². The fourth-order valence-electron chi connectivity index (χ4n) is 2.85. The molecule has 0 unspecified atom stereocenters. The van der Waals surface area contributed by atoms with Crippen molar-refractivity contribution in [2.24, 2.45) is 0 Å². The van der Waals surface area contributed by atoms with Crippen molar-refractivity contribution in [2.45, 2.75) is 18.7 Å². The average molecular weight is 476 g/mol. The zero-order chi connectivity index (χ0) is 24.7. The third-order valence-corrected chi connectivity index (χ3v) is 5.80. The zero-order valence-electron chi connectivity index (χ0n) is 18.4. The largest absolute Gasteiger partial charge is 0.379 e. The Morgan fingerprint density at radius 2 is 1.44 bits per heavy atom. The molecule has 3 aromatic rings. The Morgan fingerprint density at radius 1 is 0.882 bits per heavy atom. The first kappa shape index (κ1) is 24.2. The second-order valence-electron chi connectivity index (χ2n) is 7.30. The van der Waals surface area contributed by atoms with Crippen molar-refractivity contribution in [3.63, 3.8) is 0 Å². The molecule has 172 valence electrons. The minimum atomic E-state index is -4.09. The lowest BCUT2D eigenvalue weighted by atomic mass is 10.1. The maximum atomic E-state index is 12.5. The van der Waals surface area contributed by atoms with E-state index in [-0.39, 0.29) is 22.1 Å². The van der Waals surface area contributed by atoms with Gasteiger partial charge in [-0.1, -0.05) is 29.8 Å². The van der Waals surface area contributed by atoms with Crippen molar-refractivity contribution in [1.82, 2.24) is 0 Å². The topological polar surface area (TPSA) is 125 Å². The number of carbonyl (C=O) groups excluding carboxylic acids is 2. The van der Waals surface area contributed by atoms with Gasteiger partial charge in [0.1, 0.15) is 22.3 Å². The smallest absolute Gasteiger partial charge is 0.339 e. The standard InChI is InChI=1S/C25H21N3O5S/c1-17-3-7-22(8-4-17)28-25(30)20(16-26)15-19-5-11-23(12-6-19)33-34(31,32)24-13-9-21(10-14-24)27-18(2)29/h3-15H,1-2H3,(H,27,29)(H,28,30)/b20-15+. The summed E-state index contributed by atoms with van der Waals surface area (Å²) in [4.78, 5) is 23.4. The van der Waals surface area contributed by atoms with Crippen molar-refractivity contribution < 1.29 is 22.2 Å². The summed E-state index contributed by atoms with van der Waals surface area (Å²) in [6, 6.07) is 20.5. The highest BCUT2D eigenvalue weighted by atomic mass is 32.2. The summed E-state index contributed by atoms with van der Waals surface area (Å²) < 4.78 is 30.2. The van der Waals surface area contributed by atoms with Crippen LogP contribution in [0, 0.1) is 18.3 Å². The first-order valence-corrected chi connectivity index (χ1v) is 11.5. The fourth-order valence-corrected chi connectivity index (χ4v) is 3.78. The summed E-state index contributed by atoms with van der Waals surface area (Å²) in [5.74, 6) is -0.768. The van der Waals surface area contributed by atoms with Gasteiger partial charge in [0.05, 0.1) is 0 Å². The summed E-state index contributed by atoms with van der Waals surface area (Å²) in [7, 11) is -4.09. The van der Waals surface area contributed by atoms with Crippen molar-refractivity contribution in [1.29, 1.82) is 5.26 Å². The number of nitrogens with zero attached hydrogens (tertiary/aromatic N) is 1. The number of nitrogens with one attached hydrogen (secondary N) is 2. The summed E-state index contributed by atoms with van der Waals surface area (Å²) >= 11 is 0. The molecule has 34 heavy (non-hydrogen) atoms. The van der Waals surface area contributed by atoms with Crippen LogP contribution < -0.4 is 14.8 Å². The van der Waals surface area contributed by atoms with E-state index in [0.29, 0.717) is 16.9 Å². The summed E-state index contributed by atoms with van der Waals surface area (Å²) in [6.45, 7) is 3.28. The van der Waals surface area contributed by atoms with Gasteiger partial charge in [0.2, 0.25) is 5.91 Å². The Bertz CT molecular complexity index is 1370. The molecular formula is C25H21N3O5S. The number of nitriles is 1. The number of rotatable bonds is 7. The molecular weight excluding hydrogens is 454 g/mol. The van der Waals surface area contributed by atoms with E-state index in [1.165, 1.54) is 61.5 Å². The molecule has 0 spiro atoms. The van der Waals surface area contributed by atoms with E-state index in [1.807, 2.05) is 25.1 Å². The second kappa shape index (κ2) is 10.5. The van der Waals surface area contributed by atoms with Crippen molar-refractivity contribution in [2.75, 3.05) is 10.6 Å². The lowest BCUT2D eigenvalue weighted by Gasteiger charge is -2.08. The third-order valence-electron chi connectivity index (χ3n) is 4.53. The van der Waals surface area contributed by atoms with Crippen LogP contribution in [-0.4, -0.2) is 20.2 Å². The van der Waals surface area contributed by atoms with Gasteiger partial charge in [0.25, 0.3) is 5.91 Å². The fraction of sp³-hybridized carbons (Fsp3) is 0.0800. The van der Waals surface area contributed by atoms with Crippen LogP contribution in [0.3, 0.4) is 0 Å². The molecule has 0 heterocycles. The SMILES string of the molecule is CC(=O)Nc1ccc(S(=O)(=O)Oc2ccc(/C=C(\C#N)C(=O)Nc3ccc(C)cc3)cc2)cc1. The molecule has 0 bridgehead atoms. The Hall–Kier alpha value is -4.42.